The molecule has 0 saturated heterocycles. The van der Waals surface area contributed by atoms with Crippen molar-refractivity contribution in [2.75, 3.05) is 58.9 Å². The second-order valence-electron chi connectivity index (χ2n) is 9.55. The van der Waals surface area contributed by atoms with Gasteiger partial charge in [0.25, 0.3) is 0 Å². The van der Waals surface area contributed by atoms with Gasteiger partial charge in [0.1, 0.15) is 6.04 Å². The van der Waals surface area contributed by atoms with E-state index in [2.05, 4.69) is 5.32 Å². The van der Waals surface area contributed by atoms with Crippen LogP contribution in [0.3, 0.4) is 0 Å². The Balaban J connectivity index is 6.33. The van der Waals surface area contributed by atoms with Gasteiger partial charge >= 0.3 is 35.8 Å². The minimum Gasteiger partial charge on any atom is -0.481 e. The monoisotopic (exact) mass is 621 g/mol. The fourth-order valence-electron chi connectivity index (χ4n) is 4.09. The Bertz CT molecular complexity index is 954. The molecule has 0 heterocycles. The van der Waals surface area contributed by atoms with Gasteiger partial charge in [0.2, 0.25) is 0 Å². The number of Topliss-reactive ketones (excluding diaryl/α,β-unsaturated/α-hetero) is 1. The molecule has 0 fully saturated rings. The normalized spacial score (nSPS) is 13.3. The smallest absolute Gasteiger partial charge is 0.320 e. The van der Waals surface area contributed by atoms with Gasteiger partial charge in [-0.3, -0.25) is 53.7 Å². The molecule has 0 bridgehead atoms. The number of aliphatic carboxylic acids is 6. The van der Waals surface area contributed by atoms with E-state index in [-0.39, 0.29) is 39.1 Å². The van der Waals surface area contributed by atoms with Crippen molar-refractivity contribution in [1.82, 2.24) is 20.0 Å². The average molecular weight is 622 g/mol. The molecule has 0 rings (SSSR count). The number of carboxylic acid groups (broad SMARTS) is 6. The zero-order valence-electron chi connectivity index (χ0n) is 23.3. The summed E-state index contributed by atoms with van der Waals surface area (Å²) in [4.78, 5) is 84.6. The van der Waals surface area contributed by atoms with Crippen molar-refractivity contribution in [3.8, 4) is 0 Å². The number of guanidine groups is 1. The fraction of sp³-hybridized carbons (Fsp3) is 0.652. The van der Waals surface area contributed by atoms with Crippen LogP contribution in [0.15, 0.2) is 0 Å². The lowest BCUT2D eigenvalue weighted by Crippen LogP contribution is -2.52. The molecule has 0 radical (unpaired) electrons. The van der Waals surface area contributed by atoms with Gasteiger partial charge in [-0.15, -0.1) is 0 Å². The highest BCUT2D eigenvalue weighted by molar-refractivity contribution is 5.88. The van der Waals surface area contributed by atoms with Crippen LogP contribution < -0.4 is 16.8 Å². The Kier molecular flexibility index (Phi) is 17.7. The summed E-state index contributed by atoms with van der Waals surface area (Å²) in [7, 11) is 0. The number of carboxylic acids is 6. The van der Waals surface area contributed by atoms with E-state index < -0.39 is 105 Å². The van der Waals surface area contributed by atoms with Gasteiger partial charge < -0.3 is 47.4 Å². The Morgan fingerprint density at radius 3 is 1.44 bits per heavy atom. The van der Waals surface area contributed by atoms with Crippen molar-refractivity contribution < 1.29 is 64.2 Å². The molecule has 0 aliphatic carbocycles. The molecule has 0 saturated carbocycles. The highest BCUT2D eigenvalue weighted by atomic mass is 16.4. The number of ketones is 1. The second kappa shape index (κ2) is 19.7. The molecule has 20 heteroatoms. The highest BCUT2D eigenvalue weighted by Gasteiger charge is 2.34. The first-order chi connectivity index (χ1) is 19.9. The van der Waals surface area contributed by atoms with Gasteiger partial charge in [0, 0.05) is 45.1 Å². The number of hydrogen-bond acceptors (Lipinski definition) is 12. The molecule has 12 N–H and O–H groups in total. The molecular weight excluding hydrogens is 582 g/mol. The summed E-state index contributed by atoms with van der Waals surface area (Å²) < 4.78 is 0. The third-order valence-electron chi connectivity index (χ3n) is 6.05. The summed E-state index contributed by atoms with van der Waals surface area (Å²) in [5.41, 5.74) is 11.2. The first-order valence-electron chi connectivity index (χ1n) is 12.8. The van der Waals surface area contributed by atoms with Gasteiger partial charge in [-0.25, -0.2) is 0 Å². The van der Waals surface area contributed by atoms with E-state index in [9.17, 15) is 38.7 Å². The molecule has 0 aromatic rings. The largest absolute Gasteiger partial charge is 0.481 e. The number of nitrogens with one attached hydrogen (secondary N) is 2. The molecule has 0 spiro atoms. The zero-order valence-corrected chi connectivity index (χ0v) is 23.3. The predicted octanol–water partition coefficient (Wildman–Crippen LogP) is -4.07. The van der Waals surface area contributed by atoms with Crippen LogP contribution in [0.1, 0.15) is 19.3 Å². The van der Waals surface area contributed by atoms with Crippen LogP contribution in [0.4, 0.5) is 0 Å². The van der Waals surface area contributed by atoms with E-state index in [4.69, 9.17) is 42.4 Å². The molecule has 0 aromatic carbocycles. The van der Waals surface area contributed by atoms with Gasteiger partial charge in [0.05, 0.1) is 32.2 Å². The highest BCUT2D eigenvalue weighted by Crippen LogP contribution is 2.17. The number of carbonyl (C=O) groups is 7. The summed E-state index contributed by atoms with van der Waals surface area (Å²) in [5.74, 6) is -10.7. The first-order valence-corrected chi connectivity index (χ1v) is 12.8. The topological polar surface area (TPSA) is 339 Å². The number of carbonyl (C=O) groups excluding carboxylic acids is 1. The molecule has 0 aliphatic heterocycles. The van der Waals surface area contributed by atoms with Crippen LogP contribution in [0, 0.1) is 11.3 Å². The Labute approximate surface area is 245 Å². The van der Waals surface area contributed by atoms with E-state index >= 15 is 0 Å². The van der Waals surface area contributed by atoms with E-state index in [0.29, 0.717) is 0 Å². The lowest BCUT2D eigenvalue weighted by Gasteiger charge is -2.34. The van der Waals surface area contributed by atoms with Crippen molar-refractivity contribution >= 4 is 47.6 Å². The second-order valence-corrected chi connectivity index (χ2v) is 9.55. The Morgan fingerprint density at radius 2 is 1.12 bits per heavy atom. The van der Waals surface area contributed by atoms with Crippen LogP contribution in [0.2, 0.25) is 0 Å². The standard InChI is InChI=1S/C23H39N7O13/c24-14(1-2-16(31)32)21(41)13(8-27-23(25)26)7-15(22(42)43)30(5-3-28(9-17(33)34)10-18(35)36)6-4-29(11-19(37)38)12-20(39)40/h13-15H,1-12,24H2,(H,31,32)(H,33,34)(H,35,36)(H,37,38)(H,39,40)(H,42,43)(H4,25,26,27)/t13?,14-,15-/m0/s1. The predicted molar refractivity (Wildman–Crippen MR) is 144 cm³/mol. The summed E-state index contributed by atoms with van der Waals surface area (Å²) in [6.45, 7) is -4.45. The third-order valence-corrected chi connectivity index (χ3v) is 6.05. The Morgan fingerprint density at radius 1 is 0.698 bits per heavy atom. The number of nitrogens with zero attached hydrogens (tertiary/aromatic N) is 3. The lowest BCUT2D eigenvalue weighted by atomic mass is 9.89. The number of rotatable bonds is 25. The molecule has 0 amide bonds. The zero-order chi connectivity index (χ0) is 33.3. The summed E-state index contributed by atoms with van der Waals surface area (Å²) >= 11 is 0. The van der Waals surface area contributed by atoms with Crippen LogP contribution in [-0.4, -0.2) is 164 Å². The number of nitrogens with two attached hydrogens (primary N) is 2. The molecule has 0 aliphatic rings. The van der Waals surface area contributed by atoms with Crippen LogP contribution in [-0.2, 0) is 33.6 Å². The molecule has 3 atom stereocenters. The minimum atomic E-state index is -1.57. The van der Waals surface area contributed by atoms with Gasteiger partial charge in [-0.2, -0.15) is 0 Å². The molecule has 244 valence electrons. The van der Waals surface area contributed by atoms with Crippen LogP contribution in [0.25, 0.3) is 0 Å². The third kappa shape index (κ3) is 17.9. The van der Waals surface area contributed by atoms with Crippen LogP contribution >= 0.6 is 0 Å². The molecule has 43 heavy (non-hydrogen) atoms. The van der Waals surface area contributed by atoms with E-state index in [0.717, 1.165) is 9.80 Å². The van der Waals surface area contributed by atoms with Crippen molar-refractivity contribution in [2.24, 2.45) is 17.4 Å². The Hall–Kier alpha value is -4.40. The maximum Gasteiger partial charge on any atom is 0.320 e. The quantitative estimate of drug-likeness (QED) is 0.0342. The van der Waals surface area contributed by atoms with Gasteiger partial charge in [-0.1, -0.05) is 0 Å². The first kappa shape index (κ1) is 38.6. The van der Waals surface area contributed by atoms with Crippen molar-refractivity contribution in [3.63, 3.8) is 0 Å². The van der Waals surface area contributed by atoms with E-state index in [1.165, 1.54) is 4.90 Å². The summed E-state index contributed by atoms with van der Waals surface area (Å²) in [6, 6.07) is -2.89. The van der Waals surface area contributed by atoms with Gasteiger partial charge in [-0.05, 0) is 12.8 Å². The fourth-order valence-corrected chi connectivity index (χ4v) is 4.09. The maximum atomic E-state index is 13.1. The number of hydrogen-bond donors (Lipinski definition) is 10. The minimum absolute atomic E-state index is 0.273. The van der Waals surface area contributed by atoms with Crippen molar-refractivity contribution in [2.45, 2.75) is 31.3 Å². The van der Waals surface area contributed by atoms with Crippen LogP contribution in [0.5, 0.6) is 0 Å². The van der Waals surface area contributed by atoms with Gasteiger partial charge in [0.15, 0.2) is 11.7 Å². The van der Waals surface area contributed by atoms with E-state index in [1.54, 1.807) is 0 Å². The molecule has 20 nitrogen and oxygen atoms in total. The van der Waals surface area contributed by atoms with Crippen molar-refractivity contribution in [1.29, 1.82) is 5.41 Å². The molecule has 1 unspecified atom stereocenters. The molecule has 0 aromatic heterocycles. The summed E-state index contributed by atoms with van der Waals surface area (Å²) in [5, 5.41) is 65.4. The average Bonchev–Trinajstić information content (AvgIpc) is 2.85. The van der Waals surface area contributed by atoms with Crippen molar-refractivity contribution in [3.05, 3.63) is 0 Å². The maximum absolute atomic E-state index is 13.1. The SMILES string of the molecule is N=C(N)NCC(C[C@@H](C(=O)O)N(CCN(CC(=O)O)CC(=O)O)CCN(CC(=O)O)CC(=O)O)C(=O)[C@@H](N)CCC(=O)O. The molecular formula is C23H39N7O13. The lowest BCUT2D eigenvalue weighted by molar-refractivity contribution is -0.147. The van der Waals surface area contributed by atoms with E-state index in [1.807, 2.05) is 0 Å². The summed E-state index contributed by atoms with van der Waals surface area (Å²) in [6.07, 6.45) is -1.23.